The molecule has 3 rings (SSSR count). The van der Waals surface area contributed by atoms with E-state index in [1.807, 2.05) is 30.4 Å². The molecule has 0 saturated heterocycles. The molecule has 1 aromatic carbocycles. The molecule has 0 unspecified atom stereocenters. The molecular formula is C22H29NO2S. The number of thiophene rings is 1. The van der Waals surface area contributed by atoms with Crippen molar-refractivity contribution in [3.63, 3.8) is 0 Å². The van der Waals surface area contributed by atoms with Crippen LogP contribution in [-0.4, -0.2) is 30.0 Å². The number of nitrogens with zero attached hydrogens (tertiary/aromatic N) is 1. The zero-order valence-electron chi connectivity index (χ0n) is 15.9. The Morgan fingerprint density at radius 1 is 1.23 bits per heavy atom. The van der Waals surface area contributed by atoms with Crippen LogP contribution in [0.25, 0.3) is 0 Å². The van der Waals surface area contributed by atoms with Gasteiger partial charge >= 0.3 is 5.97 Å². The number of carbonyl (C=O) groups is 1. The largest absolute Gasteiger partial charge is 0.426 e. The van der Waals surface area contributed by atoms with Crippen LogP contribution in [0.15, 0.2) is 35.7 Å². The average Bonchev–Trinajstić information content (AvgIpc) is 3.18. The summed E-state index contributed by atoms with van der Waals surface area (Å²) in [6, 6.07) is 11.1. The maximum absolute atomic E-state index is 11.7. The number of fused-ring (bicyclic) bond motifs is 1. The Bertz CT molecular complexity index is 711. The first-order valence-electron chi connectivity index (χ1n) is 9.79. The Morgan fingerprint density at radius 3 is 2.85 bits per heavy atom. The molecule has 0 fully saturated rings. The molecule has 0 saturated carbocycles. The van der Waals surface area contributed by atoms with Crippen molar-refractivity contribution in [3.8, 4) is 5.75 Å². The van der Waals surface area contributed by atoms with E-state index < -0.39 is 0 Å². The van der Waals surface area contributed by atoms with Crippen LogP contribution in [0.4, 0.5) is 0 Å². The van der Waals surface area contributed by atoms with E-state index >= 15 is 0 Å². The normalized spacial score (nSPS) is 16.5. The van der Waals surface area contributed by atoms with Crippen molar-refractivity contribution in [2.45, 2.75) is 58.4 Å². The molecule has 1 aliphatic carbocycles. The molecule has 1 atom stereocenters. The highest BCUT2D eigenvalue weighted by Crippen LogP contribution is 2.32. The summed E-state index contributed by atoms with van der Waals surface area (Å²) in [4.78, 5) is 15.8. The number of esters is 1. The fraction of sp³-hybridized carbons (Fsp3) is 0.500. The molecule has 1 heterocycles. The van der Waals surface area contributed by atoms with Crippen LogP contribution in [0.1, 0.15) is 49.1 Å². The second-order valence-electron chi connectivity index (χ2n) is 6.98. The molecule has 2 aromatic rings. The van der Waals surface area contributed by atoms with Gasteiger partial charge in [0.15, 0.2) is 0 Å². The molecule has 0 spiro atoms. The molecule has 0 aliphatic heterocycles. The minimum atomic E-state index is -0.149. The summed E-state index contributed by atoms with van der Waals surface area (Å²) < 4.78 is 5.55. The van der Waals surface area contributed by atoms with E-state index in [9.17, 15) is 4.79 Å². The van der Waals surface area contributed by atoms with Crippen molar-refractivity contribution in [1.29, 1.82) is 0 Å². The third kappa shape index (κ3) is 4.74. The van der Waals surface area contributed by atoms with Crippen LogP contribution in [0.3, 0.4) is 0 Å². The number of hydrogen-bond acceptors (Lipinski definition) is 4. The van der Waals surface area contributed by atoms with Gasteiger partial charge in [-0.1, -0.05) is 32.0 Å². The predicted molar refractivity (Wildman–Crippen MR) is 108 cm³/mol. The Kier molecular flexibility index (Phi) is 6.86. The highest BCUT2D eigenvalue weighted by Gasteiger charge is 2.26. The molecule has 1 aromatic heterocycles. The summed E-state index contributed by atoms with van der Waals surface area (Å²) in [5.74, 6) is 0.623. The molecule has 0 radical (unpaired) electrons. The summed E-state index contributed by atoms with van der Waals surface area (Å²) in [6.45, 7) is 6.37. The first-order valence-corrected chi connectivity index (χ1v) is 10.7. The maximum atomic E-state index is 11.7. The third-order valence-electron chi connectivity index (χ3n) is 5.18. The van der Waals surface area contributed by atoms with E-state index in [4.69, 9.17) is 4.74 Å². The van der Waals surface area contributed by atoms with Gasteiger partial charge in [0.1, 0.15) is 5.75 Å². The Morgan fingerprint density at radius 2 is 2.12 bits per heavy atom. The van der Waals surface area contributed by atoms with Gasteiger partial charge in [0.2, 0.25) is 0 Å². The lowest BCUT2D eigenvalue weighted by Crippen LogP contribution is -2.41. The lowest BCUT2D eigenvalue weighted by molar-refractivity contribution is -0.134. The SMILES string of the molecule is CCCN(CCc1cccs1)[C@H]1CCc2c(cccc2OC(=O)CC)C1. The van der Waals surface area contributed by atoms with Gasteiger partial charge < -0.3 is 4.74 Å². The fourth-order valence-corrected chi connectivity index (χ4v) is 4.53. The minimum absolute atomic E-state index is 0.149. The van der Waals surface area contributed by atoms with Gasteiger partial charge in [-0.05, 0) is 67.3 Å². The molecule has 3 nitrogen and oxygen atoms in total. The first-order chi connectivity index (χ1) is 12.7. The highest BCUT2D eigenvalue weighted by molar-refractivity contribution is 7.09. The highest BCUT2D eigenvalue weighted by atomic mass is 32.1. The maximum Gasteiger partial charge on any atom is 0.310 e. The Balaban J connectivity index is 1.69. The molecule has 0 N–H and O–H groups in total. The number of benzene rings is 1. The van der Waals surface area contributed by atoms with Crippen molar-refractivity contribution in [2.24, 2.45) is 0 Å². The molecule has 4 heteroatoms. The van der Waals surface area contributed by atoms with Crippen LogP contribution < -0.4 is 4.74 Å². The molecule has 1 aliphatic rings. The molecule has 140 valence electrons. The van der Waals surface area contributed by atoms with Gasteiger partial charge in [-0.25, -0.2) is 0 Å². The second-order valence-corrected chi connectivity index (χ2v) is 8.02. The zero-order valence-corrected chi connectivity index (χ0v) is 16.7. The molecule has 26 heavy (non-hydrogen) atoms. The van der Waals surface area contributed by atoms with E-state index in [1.54, 1.807) is 0 Å². The van der Waals surface area contributed by atoms with Crippen molar-refractivity contribution in [3.05, 3.63) is 51.7 Å². The van der Waals surface area contributed by atoms with E-state index in [1.165, 1.54) is 22.4 Å². The number of carbonyl (C=O) groups excluding carboxylic acids is 1. The third-order valence-corrected chi connectivity index (χ3v) is 6.11. The zero-order chi connectivity index (χ0) is 18.4. The van der Waals surface area contributed by atoms with E-state index in [2.05, 4.69) is 35.4 Å². The second kappa shape index (κ2) is 9.33. The smallest absolute Gasteiger partial charge is 0.310 e. The Labute approximate surface area is 161 Å². The molecule has 0 amide bonds. The number of rotatable bonds is 8. The van der Waals surface area contributed by atoms with Crippen LogP contribution in [-0.2, 0) is 24.1 Å². The van der Waals surface area contributed by atoms with E-state index in [-0.39, 0.29) is 5.97 Å². The van der Waals surface area contributed by atoms with Crippen LogP contribution in [0.5, 0.6) is 5.75 Å². The summed E-state index contributed by atoms with van der Waals surface area (Å²) in [6.07, 6.45) is 5.91. The van der Waals surface area contributed by atoms with Crippen molar-refractivity contribution in [1.82, 2.24) is 4.90 Å². The van der Waals surface area contributed by atoms with Gasteiger partial charge in [0.05, 0.1) is 0 Å². The lowest BCUT2D eigenvalue weighted by Gasteiger charge is -2.35. The number of hydrogen-bond donors (Lipinski definition) is 0. The monoisotopic (exact) mass is 371 g/mol. The van der Waals surface area contributed by atoms with E-state index in [0.29, 0.717) is 12.5 Å². The fourth-order valence-electron chi connectivity index (χ4n) is 3.83. The van der Waals surface area contributed by atoms with Crippen molar-refractivity contribution < 1.29 is 9.53 Å². The van der Waals surface area contributed by atoms with Gasteiger partial charge in [0.25, 0.3) is 0 Å². The average molecular weight is 372 g/mol. The molecular weight excluding hydrogens is 342 g/mol. The minimum Gasteiger partial charge on any atom is -0.426 e. The van der Waals surface area contributed by atoms with Crippen LogP contribution in [0.2, 0.25) is 0 Å². The summed E-state index contributed by atoms with van der Waals surface area (Å²) in [7, 11) is 0. The van der Waals surface area contributed by atoms with Crippen LogP contribution >= 0.6 is 11.3 Å². The topological polar surface area (TPSA) is 29.5 Å². The number of ether oxygens (including phenoxy) is 1. The predicted octanol–water partition coefficient (Wildman–Crippen LogP) is 4.88. The van der Waals surface area contributed by atoms with Gasteiger partial charge in [0, 0.05) is 23.9 Å². The van der Waals surface area contributed by atoms with Gasteiger partial charge in [-0.15, -0.1) is 11.3 Å². The summed E-state index contributed by atoms with van der Waals surface area (Å²) >= 11 is 1.85. The van der Waals surface area contributed by atoms with Gasteiger partial charge in [-0.2, -0.15) is 0 Å². The standard InChI is InChI=1S/C22H29NO2S/c1-3-13-23(14-12-19-8-6-15-26-19)18-10-11-20-17(16-18)7-5-9-21(20)25-22(24)4-2/h5-9,15,18H,3-4,10-14,16H2,1-2H3/t18-/m0/s1. The van der Waals surface area contributed by atoms with Crippen molar-refractivity contribution >= 4 is 17.3 Å². The van der Waals surface area contributed by atoms with E-state index in [0.717, 1.165) is 44.5 Å². The van der Waals surface area contributed by atoms with Gasteiger partial charge in [-0.3, -0.25) is 9.69 Å². The van der Waals surface area contributed by atoms with Crippen LogP contribution in [0, 0.1) is 0 Å². The summed E-state index contributed by atoms with van der Waals surface area (Å²) in [5, 5.41) is 2.16. The molecule has 0 bridgehead atoms. The first kappa shape index (κ1) is 19.1. The summed E-state index contributed by atoms with van der Waals surface area (Å²) in [5.41, 5.74) is 2.58. The van der Waals surface area contributed by atoms with Crippen molar-refractivity contribution in [2.75, 3.05) is 13.1 Å². The quantitative estimate of drug-likeness (QED) is 0.489. The lowest BCUT2D eigenvalue weighted by atomic mass is 9.86. The Hall–Kier alpha value is -1.65.